The van der Waals surface area contributed by atoms with E-state index in [1.165, 1.54) is 12.3 Å². The van der Waals surface area contributed by atoms with Crippen LogP contribution in [0.25, 0.3) is 0 Å². The Hall–Kier alpha value is -2.22. The van der Waals surface area contributed by atoms with Crippen molar-refractivity contribution >= 4 is 5.82 Å². The molecule has 0 bridgehead atoms. The Morgan fingerprint density at radius 1 is 1.04 bits per heavy atom. The SMILES string of the molecule is Fc1cncc(CN2CCN(c3cc(C(F)(F)F)ccn3)CC2)c1. The molecule has 3 rings (SSSR count). The Morgan fingerprint density at radius 2 is 1.79 bits per heavy atom. The summed E-state index contributed by atoms with van der Waals surface area (Å²) in [6, 6.07) is 3.48. The Labute approximate surface area is 136 Å². The Balaban J connectivity index is 1.61. The van der Waals surface area contributed by atoms with Crippen LogP contribution in [0.4, 0.5) is 23.4 Å². The highest BCUT2D eigenvalue weighted by Gasteiger charge is 2.31. The van der Waals surface area contributed by atoms with E-state index >= 15 is 0 Å². The van der Waals surface area contributed by atoms with E-state index in [1.54, 1.807) is 6.20 Å². The van der Waals surface area contributed by atoms with Gasteiger partial charge in [-0.15, -0.1) is 0 Å². The smallest absolute Gasteiger partial charge is 0.354 e. The summed E-state index contributed by atoms with van der Waals surface area (Å²) in [6.07, 6.45) is -0.419. The van der Waals surface area contributed by atoms with Crippen molar-refractivity contribution < 1.29 is 17.6 Å². The van der Waals surface area contributed by atoms with Crippen LogP contribution in [0.3, 0.4) is 0 Å². The molecule has 2 aromatic heterocycles. The number of anilines is 1. The highest BCUT2D eigenvalue weighted by atomic mass is 19.4. The van der Waals surface area contributed by atoms with E-state index in [0.29, 0.717) is 38.5 Å². The molecule has 8 heteroatoms. The van der Waals surface area contributed by atoms with Gasteiger partial charge < -0.3 is 4.90 Å². The standard InChI is InChI=1S/C16H16F4N4/c17-14-7-12(9-21-10-14)11-23-3-5-24(6-4-23)15-8-13(1-2-22-15)16(18,19)20/h1-2,7-10H,3-6,11H2. The number of halogens is 4. The second-order valence-corrected chi connectivity index (χ2v) is 5.68. The zero-order valence-electron chi connectivity index (χ0n) is 12.8. The highest BCUT2D eigenvalue weighted by Crippen LogP contribution is 2.30. The molecule has 0 unspecified atom stereocenters. The molecule has 1 aliphatic heterocycles. The molecule has 2 aromatic rings. The fourth-order valence-electron chi connectivity index (χ4n) is 2.70. The zero-order valence-corrected chi connectivity index (χ0v) is 12.8. The highest BCUT2D eigenvalue weighted by molar-refractivity contribution is 5.42. The first kappa shape index (κ1) is 16.6. The van der Waals surface area contributed by atoms with Crippen LogP contribution >= 0.6 is 0 Å². The van der Waals surface area contributed by atoms with E-state index in [9.17, 15) is 17.6 Å². The molecule has 24 heavy (non-hydrogen) atoms. The molecule has 0 aromatic carbocycles. The number of hydrogen-bond acceptors (Lipinski definition) is 4. The molecule has 0 saturated carbocycles. The molecule has 4 nitrogen and oxygen atoms in total. The number of aromatic nitrogens is 2. The average molecular weight is 340 g/mol. The van der Waals surface area contributed by atoms with Crippen molar-refractivity contribution in [1.82, 2.24) is 14.9 Å². The second-order valence-electron chi connectivity index (χ2n) is 5.68. The van der Waals surface area contributed by atoms with Gasteiger partial charge in [0.2, 0.25) is 0 Å². The lowest BCUT2D eigenvalue weighted by Crippen LogP contribution is -2.46. The third-order valence-electron chi connectivity index (χ3n) is 3.94. The minimum absolute atomic E-state index is 0.330. The van der Waals surface area contributed by atoms with Crippen molar-refractivity contribution in [2.45, 2.75) is 12.7 Å². The maximum atomic E-state index is 13.1. The monoisotopic (exact) mass is 340 g/mol. The molecule has 1 saturated heterocycles. The van der Waals surface area contributed by atoms with Crippen LogP contribution < -0.4 is 4.90 Å². The first-order chi connectivity index (χ1) is 11.4. The van der Waals surface area contributed by atoms with Gasteiger partial charge in [0.1, 0.15) is 11.6 Å². The Bertz CT molecular complexity index is 696. The summed E-state index contributed by atoms with van der Waals surface area (Å²) in [5.74, 6) is -0.0452. The average Bonchev–Trinajstić information content (AvgIpc) is 2.55. The number of nitrogens with zero attached hydrogens (tertiary/aromatic N) is 4. The second kappa shape index (κ2) is 6.72. The molecule has 0 aliphatic carbocycles. The molecular formula is C16H16F4N4. The van der Waals surface area contributed by atoms with Gasteiger partial charge in [0, 0.05) is 45.1 Å². The maximum absolute atomic E-state index is 13.1. The predicted octanol–water partition coefficient (Wildman–Crippen LogP) is 2.96. The van der Waals surface area contributed by atoms with Gasteiger partial charge in [0.25, 0.3) is 0 Å². The first-order valence-corrected chi connectivity index (χ1v) is 7.52. The third kappa shape index (κ3) is 4.00. The van der Waals surface area contributed by atoms with E-state index in [1.807, 2.05) is 4.90 Å². The van der Waals surface area contributed by atoms with Gasteiger partial charge >= 0.3 is 6.18 Å². The van der Waals surface area contributed by atoms with Gasteiger partial charge in [-0.2, -0.15) is 13.2 Å². The summed E-state index contributed by atoms with van der Waals surface area (Å²) in [5, 5.41) is 0. The lowest BCUT2D eigenvalue weighted by molar-refractivity contribution is -0.137. The maximum Gasteiger partial charge on any atom is 0.416 e. The molecule has 0 amide bonds. The number of pyridine rings is 2. The summed E-state index contributed by atoms with van der Waals surface area (Å²) in [5.41, 5.74) is 0.0846. The largest absolute Gasteiger partial charge is 0.416 e. The van der Waals surface area contributed by atoms with Gasteiger partial charge in [0.05, 0.1) is 11.8 Å². The Kier molecular flexibility index (Phi) is 4.66. The van der Waals surface area contributed by atoms with Crippen molar-refractivity contribution in [3.63, 3.8) is 0 Å². The topological polar surface area (TPSA) is 32.3 Å². The fraction of sp³-hybridized carbons (Fsp3) is 0.375. The van der Waals surface area contributed by atoms with E-state index in [4.69, 9.17) is 0 Å². The summed E-state index contributed by atoms with van der Waals surface area (Å²) in [6.45, 7) is 3.02. The number of hydrogen-bond donors (Lipinski definition) is 0. The van der Waals surface area contributed by atoms with E-state index < -0.39 is 11.7 Å². The van der Waals surface area contributed by atoms with E-state index in [-0.39, 0.29) is 5.82 Å². The molecular weight excluding hydrogens is 324 g/mol. The van der Waals surface area contributed by atoms with Crippen LogP contribution in [0.1, 0.15) is 11.1 Å². The van der Waals surface area contributed by atoms with Crippen LogP contribution in [0.15, 0.2) is 36.8 Å². The summed E-state index contributed by atoms with van der Waals surface area (Å²) < 4.78 is 51.5. The van der Waals surface area contributed by atoms with Gasteiger partial charge in [0.15, 0.2) is 0 Å². The van der Waals surface area contributed by atoms with Crippen LogP contribution in [0, 0.1) is 5.82 Å². The Morgan fingerprint density at radius 3 is 2.46 bits per heavy atom. The lowest BCUT2D eigenvalue weighted by atomic mass is 10.2. The minimum atomic E-state index is -4.37. The van der Waals surface area contributed by atoms with Crippen molar-refractivity contribution in [2.24, 2.45) is 0 Å². The normalized spacial score (nSPS) is 16.4. The molecule has 0 radical (unpaired) electrons. The van der Waals surface area contributed by atoms with Crippen LogP contribution in [0.2, 0.25) is 0 Å². The van der Waals surface area contributed by atoms with Crippen LogP contribution in [-0.4, -0.2) is 41.0 Å². The van der Waals surface area contributed by atoms with Crippen molar-refractivity contribution in [3.05, 3.63) is 53.7 Å². The van der Waals surface area contributed by atoms with Crippen molar-refractivity contribution in [1.29, 1.82) is 0 Å². The molecule has 0 N–H and O–H groups in total. The summed E-state index contributed by atoms with van der Waals surface area (Å²) >= 11 is 0. The summed E-state index contributed by atoms with van der Waals surface area (Å²) in [7, 11) is 0. The minimum Gasteiger partial charge on any atom is -0.354 e. The molecule has 128 valence electrons. The van der Waals surface area contributed by atoms with Crippen molar-refractivity contribution in [2.75, 3.05) is 31.1 Å². The van der Waals surface area contributed by atoms with E-state index in [0.717, 1.165) is 23.9 Å². The molecule has 1 aliphatic rings. The van der Waals surface area contributed by atoms with Crippen LogP contribution in [0.5, 0.6) is 0 Å². The molecule has 1 fully saturated rings. The van der Waals surface area contributed by atoms with Gasteiger partial charge in [-0.05, 0) is 23.8 Å². The van der Waals surface area contributed by atoms with Gasteiger partial charge in [-0.3, -0.25) is 9.88 Å². The molecule has 0 atom stereocenters. The predicted molar refractivity (Wildman–Crippen MR) is 80.9 cm³/mol. The number of alkyl halides is 3. The summed E-state index contributed by atoms with van der Waals surface area (Å²) in [4.78, 5) is 11.8. The fourth-order valence-corrected chi connectivity index (χ4v) is 2.70. The van der Waals surface area contributed by atoms with Gasteiger partial charge in [-0.1, -0.05) is 0 Å². The molecule has 3 heterocycles. The zero-order chi connectivity index (χ0) is 17.2. The number of piperazine rings is 1. The number of rotatable bonds is 3. The quantitative estimate of drug-likeness (QED) is 0.804. The molecule has 0 spiro atoms. The third-order valence-corrected chi connectivity index (χ3v) is 3.94. The lowest BCUT2D eigenvalue weighted by Gasteiger charge is -2.35. The van der Waals surface area contributed by atoms with E-state index in [2.05, 4.69) is 14.9 Å². The first-order valence-electron chi connectivity index (χ1n) is 7.52. The van der Waals surface area contributed by atoms with Crippen molar-refractivity contribution in [3.8, 4) is 0 Å². The van der Waals surface area contributed by atoms with Gasteiger partial charge in [-0.25, -0.2) is 9.37 Å². The van der Waals surface area contributed by atoms with Crippen LogP contribution in [-0.2, 0) is 12.7 Å².